The number of halogens is 1. The molecule has 2 aromatic rings. The highest BCUT2D eigenvalue weighted by Gasteiger charge is 2.27. The van der Waals surface area contributed by atoms with Crippen molar-refractivity contribution in [2.24, 2.45) is 10.4 Å². The summed E-state index contributed by atoms with van der Waals surface area (Å²) in [5.74, 6) is -1.32. The van der Waals surface area contributed by atoms with Crippen LogP contribution in [0.1, 0.15) is 49.5 Å². The van der Waals surface area contributed by atoms with Crippen LogP contribution in [0.25, 0.3) is 11.1 Å². The van der Waals surface area contributed by atoms with E-state index in [2.05, 4.69) is 41.4 Å². The van der Waals surface area contributed by atoms with Gasteiger partial charge in [-0.15, -0.1) is 0 Å². The summed E-state index contributed by atoms with van der Waals surface area (Å²) < 4.78 is 20.2. The molecule has 0 radical (unpaired) electrons. The fraction of sp³-hybridized carbons (Fsp3) is 0.435. The van der Waals surface area contributed by atoms with E-state index in [-0.39, 0.29) is 28.2 Å². The standard InChI is InChI=1S/C23H29FN4O3/c1-5-6-7-14-8-9-16(29)18(17(14)15-10-11-25-21(31-4)19(15)24)20(30)28-22-26-12-23(2,3)13-27-22/h8-11,29H,5-7,12-13H2,1-4H3,(H2,26,27,28,30). The summed E-state index contributed by atoms with van der Waals surface area (Å²) in [5, 5.41) is 16.4. The van der Waals surface area contributed by atoms with Gasteiger partial charge in [0, 0.05) is 35.8 Å². The second-order valence-electron chi connectivity index (χ2n) is 8.42. The summed E-state index contributed by atoms with van der Waals surface area (Å²) >= 11 is 0. The SMILES string of the molecule is CCCCc1ccc(O)c(C(=O)NC2=NCC(C)(C)CN2)c1-c1ccnc(OC)c1F. The number of methoxy groups -OCH3 is 1. The smallest absolute Gasteiger partial charge is 0.262 e. The Kier molecular flexibility index (Phi) is 6.77. The van der Waals surface area contributed by atoms with Crippen LogP contribution in [0.2, 0.25) is 0 Å². The summed E-state index contributed by atoms with van der Waals surface area (Å²) in [6.45, 7) is 7.41. The molecule has 1 aromatic heterocycles. The largest absolute Gasteiger partial charge is 0.507 e. The van der Waals surface area contributed by atoms with E-state index >= 15 is 4.39 Å². The first kappa shape index (κ1) is 22.5. The monoisotopic (exact) mass is 428 g/mol. The Bertz CT molecular complexity index is 1000. The molecule has 31 heavy (non-hydrogen) atoms. The molecule has 1 aliphatic heterocycles. The molecule has 7 nitrogen and oxygen atoms in total. The highest BCUT2D eigenvalue weighted by Crippen LogP contribution is 2.37. The first-order valence-corrected chi connectivity index (χ1v) is 10.4. The van der Waals surface area contributed by atoms with Crippen molar-refractivity contribution in [1.29, 1.82) is 0 Å². The van der Waals surface area contributed by atoms with Crippen LogP contribution < -0.4 is 15.4 Å². The number of phenolic OH excluding ortho intramolecular Hbond substituents is 1. The zero-order chi connectivity index (χ0) is 22.6. The lowest BCUT2D eigenvalue weighted by molar-refractivity contribution is 0.0972. The number of ether oxygens (including phenoxy) is 1. The van der Waals surface area contributed by atoms with Crippen LogP contribution in [0, 0.1) is 11.2 Å². The molecule has 3 rings (SSSR count). The number of hydrogen-bond donors (Lipinski definition) is 3. The number of aryl methyl sites for hydroxylation is 1. The van der Waals surface area contributed by atoms with Crippen LogP contribution in [0.3, 0.4) is 0 Å². The lowest BCUT2D eigenvalue weighted by atomic mass is 9.90. The Morgan fingerprint density at radius 2 is 2.13 bits per heavy atom. The molecular formula is C23H29FN4O3. The number of aromatic nitrogens is 1. The van der Waals surface area contributed by atoms with Crippen LogP contribution >= 0.6 is 0 Å². The molecule has 0 atom stereocenters. The Morgan fingerprint density at radius 1 is 1.35 bits per heavy atom. The number of rotatable bonds is 6. The summed E-state index contributed by atoms with van der Waals surface area (Å²) in [4.78, 5) is 21.5. The van der Waals surface area contributed by atoms with E-state index < -0.39 is 11.7 Å². The van der Waals surface area contributed by atoms with Gasteiger partial charge in [-0.2, -0.15) is 0 Å². The molecule has 0 aliphatic carbocycles. The number of aliphatic imine (C=N–C) groups is 1. The van der Waals surface area contributed by atoms with E-state index in [1.54, 1.807) is 6.07 Å². The number of amides is 1. The number of benzene rings is 1. The van der Waals surface area contributed by atoms with Crippen molar-refractivity contribution in [3.8, 4) is 22.8 Å². The molecule has 0 bridgehead atoms. The molecule has 0 spiro atoms. The van der Waals surface area contributed by atoms with Crippen molar-refractivity contribution >= 4 is 11.9 Å². The van der Waals surface area contributed by atoms with Crippen LogP contribution in [-0.2, 0) is 6.42 Å². The minimum Gasteiger partial charge on any atom is -0.507 e. The Labute approximate surface area is 181 Å². The van der Waals surface area contributed by atoms with E-state index in [1.807, 2.05) is 0 Å². The van der Waals surface area contributed by atoms with Gasteiger partial charge >= 0.3 is 0 Å². The first-order chi connectivity index (χ1) is 14.8. The maximum atomic E-state index is 15.1. The summed E-state index contributed by atoms with van der Waals surface area (Å²) in [6.07, 6.45) is 3.83. The Morgan fingerprint density at radius 3 is 2.77 bits per heavy atom. The average Bonchev–Trinajstić information content (AvgIpc) is 2.74. The number of nitrogens with one attached hydrogen (secondary N) is 2. The van der Waals surface area contributed by atoms with Gasteiger partial charge in [0.15, 0.2) is 11.8 Å². The van der Waals surface area contributed by atoms with E-state index in [9.17, 15) is 9.90 Å². The van der Waals surface area contributed by atoms with E-state index in [0.29, 0.717) is 31.0 Å². The highest BCUT2D eigenvalue weighted by molar-refractivity contribution is 6.11. The number of carbonyl (C=O) groups excluding carboxylic acids is 1. The Balaban J connectivity index is 2.09. The summed E-state index contributed by atoms with van der Waals surface area (Å²) in [7, 11) is 1.33. The van der Waals surface area contributed by atoms with Gasteiger partial charge < -0.3 is 15.2 Å². The van der Waals surface area contributed by atoms with E-state index in [4.69, 9.17) is 4.74 Å². The number of aromatic hydroxyl groups is 1. The van der Waals surface area contributed by atoms with Crippen molar-refractivity contribution in [2.45, 2.75) is 40.0 Å². The summed E-state index contributed by atoms with van der Waals surface area (Å²) in [6, 6.07) is 4.68. The third kappa shape index (κ3) is 4.95. The van der Waals surface area contributed by atoms with Gasteiger partial charge in [0.1, 0.15) is 5.75 Å². The van der Waals surface area contributed by atoms with Crippen LogP contribution in [0.15, 0.2) is 29.4 Å². The van der Waals surface area contributed by atoms with E-state index in [1.165, 1.54) is 25.4 Å². The quantitative estimate of drug-likeness (QED) is 0.653. The number of carbonyl (C=O) groups is 1. The first-order valence-electron chi connectivity index (χ1n) is 10.4. The topological polar surface area (TPSA) is 95.8 Å². The van der Waals surface area contributed by atoms with Crippen LogP contribution in [0.4, 0.5) is 4.39 Å². The van der Waals surface area contributed by atoms with Crippen molar-refractivity contribution in [2.75, 3.05) is 20.2 Å². The van der Waals surface area contributed by atoms with Gasteiger partial charge in [-0.25, -0.2) is 9.37 Å². The summed E-state index contributed by atoms with van der Waals surface area (Å²) in [5.41, 5.74) is 1.23. The van der Waals surface area contributed by atoms with Crippen molar-refractivity contribution < 1.29 is 19.0 Å². The fourth-order valence-electron chi connectivity index (χ4n) is 3.49. The predicted molar refractivity (Wildman–Crippen MR) is 118 cm³/mol. The van der Waals surface area contributed by atoms with E-state index in [0.717, 1.165) is 18.4 Å². The minimum atomic E-state index is -0.683. The minimum absolute atomic E-state index is 0.00455. The van der Waals surface area contributed by atoms with Gasteiger partial charge in [0.25, 0.3) is 11.8 Å². The maximum Gasteiger partial charge on any atom is 0.262 e. The maximum absolute atomic E-state index is 15.1. The zero-order valence-electron chi connectivity index (χ0n) is 18.4. The number of phenols is 1. The van der Waals surface area contributed by atoms with Crippen molar-refractivity contribution in [1.82, 2.24) is 15.6 Å². The number of nitrogens with zero attached hydrogens (tertiary/aromatic N) is 2. The lowest BCUT2D eigenvalue weighted by Crippen LogP contribution is -2.49. The molecule has 0 saturated heterocycles. The molecule has 1 aliphatic rings. The molecular weight excluding hydrogens is 399 g/mol. The lowest BCUT2D eigenvalue weighted by Gasteiger charge is -2.29. The van der Waals surface area contributed by atoms with Gasteiger partial charge in [0.05, 0.1) is 12.7 Å². The fourth-order valence-corrected chi connectivity index (χ4v) is 3.49. The average molecular weight is 429 g/mol. The zero-order valence-corrected chi connectivity index (χ0v) is 18.4. The van der Waals surface area contributed by atoms with Gasteiger partial charge in [-0.1, -0.05) is 33.3 Å². The molecule has 2 heterocycles. The normalized spacial score (nSPS) is 15.1. The van der Waals surface area contributed by atoms with Crippen LogP contribution in [0.5, 0.6) is 11.6 Å². The van der Waals surface area contributed by atoms with Gasteiger partial charge in [-0.05, 0) is 30.5 Å². The van der Waals surface area contributed by atoms with Crippen LogP contribution in [-0.4, -0.2) is 42.2 Å². The van der Waals surface area contributed by atoms with Gasteiger partial charge in [0.2, 0.25) is 0 Å². The molecule has 166 valence electrons. The molecule has 0 unspecified atom stereocenters. The number of pyridine rings is 1. The second-order valence-corrected chi connectivity index (χ2v) is 8.42. The van der Waals surface area contributed by atoms with Gasteiger partial charge in [-0.3, -0.25) is 15.1 Å². The number of unbranched alkanes of at least 4 members (excludes halogenated alkanes) is 1. The molecule has 0 fully saturated rings. The number of hydrogen-bond acceptors (Lipinski definition) is 6. The van der Waals surface area contributed by atoms with Crippen molar-refractivity contribution in [3.63, 3.8) is 0 Å². The molecule has 0 saturated carbocycles. The molecule has 1 amide bonds. The predicted octanol–water partition coefficient (Wildman–Crippen LogP) is 3.66. The van der Waals surface area contributed by atoms with Crippen molar-refractivity contribution in [3.05, 3.63) is 41.3 Å². The highest BCUT2D eigenvalue weighted by atomic mass is 19.1. The molecule has 8 heteroatoms. The number of guanidine groups is 1. The third-order valence-corrected chi connectivity index (χ3v) is 5.25. The molecule has 3 N–H and O–H groups in total. The molecule has 1 aromatic carbocycles. The second kappa shape index (κ2) is 9.32. The Hall–Kier alpha value is -3.16. The third-order valence-electron chi connectivity index (χ3n) is 5.25.